The lowest BCUT2D eigenvalue weighted by atomic mass is 9.88. The molecule has 8 heteroatoms. The van der Waals surface area contributed by atoms with Crippen LogP contribution in [0.25, 0.3) is 16.5 Å². The van der Waals surface area contributed by atoms with E-state index in [0.717, 1.165) is 38.7 Å². The third-order valence-corrected chi connectivity index (χ3v) is 6.15. The fourth-order valence-corrected chi connectivity index (χ4v) is 4.34. The second-order valence-electron chi connectivity index (χ2n) is 8.89. The van der Waals surface area contributed by atoms with Crippen molar-refractivity contribution in [2.24, 2.45) is 0 Å². The first-order chi connectivity index (χ1) is 15.4. The van der Waals surface area contributed by atoms with E-state index in [1.165, 1.54) is 0 Å². The van der Waals surface area contributed by atoms with Crippen molar-refractivity contribution in [3.63, 3.8) is 0 Å². The van der Waals surface area contributed by atoms with Crippen molar-refractivity contribution < 1.29 is 22.7 Å². The van der Waals surface area contributed by atoms with Crippen molar-refractivity contribution in [1.29, 1.82) is 0 Å². The van der Waals surface area contributed by atoms with Crippen LogP contribution in [0.4, 0.5) is 23.4 Å². The fourth-order valence-electron chi connectivity index (χ4n) is 4.34. The monoisotopic (exact) mass is 459 g/mol. The Balaban J connectivity index is 1.74. The molecule has 0 radical (unpaired) electrons. The first kappa shape index (κ1) is 23.0. The molecule has 33 heavy (non-hydrogen) atoms. The van der Waals surface area contributed by atoms with E-state index in [4.69, 9.17) is 0 Å². The summed E-state index contributed by atoms with van der Waals surface area (Å²) in [4.78, 5) is 8.62. The number of hydrogen-bond acceptors (Lipinski definition) is 3. The van der Waals surface area contributed by atoms with Gasteiger partial charge >= 0.3 is 6.18 Å². The van der Waals surface area contributed by atoms with Crippen LogP contribution in [0, 0.1) is 5.82 Å². The molecule has 3 heterocycles. The van der Waals surface area contributed by atoms with Crippen LogP contribution in [0.2, 0.25) is 0 Å². The van der Waals surface area contributed by atoms with Crippen molar-refractivity contribution in [1.82, 2.24) is 9.97 Å². The van der Waals surface area contributed by atoms with Crippen LogP contribution >= 0.6 is 0 Å². The minimum Gasteiger partial charge on any atom is -0.386 e. The molecule has 4 nitrogen and oxygen atoms in total. The summed E-state index contributed by atoms with van der Waals surface area (Å²) in [6.07, 6.45) is -1.64. The van der Waals surface area contributed by atoms with Crippen molar-refractivity contribution in [3.05, 3.63) is 76.9 Å². The average molecular weight is 459 g/mol. The quantitative estimate of drug-likeness (QED) is 0.460. The van der Waals surface area contributed by atoms with Gasteiger partial charge in [-0.2, -0.15) is 13.2 Å². The Morgan fingerprint density at radius 3 is 2.58 bits per heavy atom. The number of rotatable bonds is 3. The molecule has 1 aliphatic heterocycles. The normalized spacial score (nSPS) is 17.1. The fraction of sp³-hybridized carbons (Fsp3) is 0.320. The maximum absolute atomic E-state index is 14.6. The molecule has 2 N–H and O–H groups in total. The molecule has 0 atom stereocenters. The highest BCUT2D eigenvalue weighted by Crippen LogP contribution is 2.37. The number of alkyl halides is 3. The number of aromatic nitrogens is 2. The summed E-state index contributed by atoms with van der Waals surface area (Å²) >= 11 is 0. The summed E-state index contributed by atoms with van der Waals surface area (Å²) < 4.78 is 53.2. The Labute approximate surface area is 189 Å². The van der Waals surface area contributed by atoms with E-state index in [9.17, 15) is 22.7 Å². The van der Waals surface area contributed by atoms with Gasteiger partial charge in [0.2, 0.25) is 0 Å². The summed E-state index contributed by atoms with van der Waals surface area (Å²) in [5.41, 5.74) is 3.12. The van der Waals surface area contributed by atoms with E-state index in [0.29, 0.717) is 25.2 Å². The van der Waals surface area contributed by atoms with E-state index in [2.05, 4.69) is 16.5 Å². The zero-order chi connectivity index (χ0) is 24.1. The smallest absolute Gasteiger partial charge is 0.386 e. The van der Waals surface area contributed by atoms with Gasteiger partial charge in [0.25, 0.3) is 0 Å². The van der Waals surface area contributed by atoms with Gasteiger partial charge in [-0.15, -0.1) is 0 Å². The average Bonchev–Trinajstić information content (AvgIpc) is 3.21. The summed E-state index contributed by atoms with van der Waals surface area (Å²) in [7, 11) is 0. The maximum atomic E-state index is 14.6. The molecule has 0 saturated carbocycles. The van der Waals surface area contributed by atoms with E-state index in [-0.39, 0.29) is 12.4 Å². The number of anilines is 1. The Hall–Kier alpha value is -3.13. The van der Waals surface area contributed by atoms with Crippen molar-refractivity contribution in [2.75, 3.05) is 18.0 Å². The molecule has 2 aromatic heterocycles. The highest BCUT2D eigenvalue weighted by molar-refractivity contribution is 5.95. The number of hydrogen-bond donors (Lipinski definition) is 2. The van der Waals surface area contributed by atoms with Gasteiger partial charge in [0.1, 0.15) is 0 Å². The molecule has 0 aliphatic carbocycles. The summed E-state index contributed by atoms with van der Waals surface area (Å²) in [5, 5.41) is 11.5. The number of H-pyrrole nitrogens is 1. The topological polar surface area (TPSA) is 52.1 Å². The molecule has 1 aliphatic rings. The Morgan fingerprint density at radius 1 is 1.21 bits per heavy atom. The lowest BCUT2D eigenvalue weighted by molar-refractivity contribution is -0.138. The lowest BCUT2D eigenvalue weighted by Gasteiger charge is -2.33. The lowest BCUT2D eigenvalue weighted by Crippen LogP contribution is -2.34. The number of benzene rings is 1. The minimum atomic E-state index is -4.65. The highest BCUT2D eigenvalue weighted by atomic mass is 19.4. The molecule has 0 unspecified atom stereocenters. The molecule has 1 saturated heterocycles. The van der Waals surface area contributed by atoms with Crippen LogP contribution in [0.5, 0.6) is 0 Å². The predicted molar refractivity (Wildman–Crippen MR) is 121 cm³/mol. The zero-order valence-electron chi connectivity index (χ0n) is 18.6. The van der Waals surface area contributed by atoms with Gasteiger partial charge in [0, 0.05) is 36.4 Å². The van der Waals surface area contributed by atoms with E-state index in [1.807, 2.05) is 31.3 Å². The number of nitrogens with zero attached hydrogens (tertiary/aromatic N) is 2. The van der Waals surface area contributed by atoms with Gasteiger partial charge in [-0.05, 0) is 61.6 Å². The molecule has 1 aromatic carbocycles. The standard InChI is InChI=1S/C25H25F4N3O/c1-14-8-10-32(23-21(26)11-16(12-31-23)25(27,28)29)13-19(14)15(2)17-5-6-20(24(3,4)33)22-18(17)7-9-30-22/h5-7,9,11-12,30,33H,1,8,10,13H2,2-4H3/b19-15+. The number of halogens is 4. The van der Waals surface area contributed by atoms with E-state index >= 15 is 0 Å². The molecule has 0 amide bonds. The first-order valence-electron chi connectivity index (χ1n) is 10.6. The number of allylic oxidation sites excluding steroid dienone is 1. The SMILES string of the molecule is C=C1CCN(c2ncc(C(F)(F)F)cc2F)C/C1=C(/C)c1ccc(C(C)(C)O)c2[nH]ccc12. The third kappa shape index (κ3) is 4.27. The number of aliphatic hydroxyl groups is 1. The molecule has 4 rings (SSSR count). The molecular formula is C25H25F4N3O. The van der Waals surface area contributed by atoms with Crippen molar-refractivity contribution in [2.45, 2.75) is 39.0 Å². The van der Waals surface area contributed by atoms with Crippen molar-refractivity contribution >= 4 is 22.3 Å². The largest absolute Gasteiger partial charge is 0.417 e. The van der Waals surface area contributed by atoms with Crippen molar-refractivity contribution in [3.8, 4) is 0 Å². The predicted octanol–water partition coefficient (Wildman–Crippen LogP) is 6.19. The molecular weight excluding hydrogens is 434 g/mol. The van der Waals surface area contributed by atoms with Crippen LogP contribution < -0.4 is 4.90 Å². The number of nitrogens with one attached hydrogen (secondary N) is 1. The van der Waals surface area contributed by atoms with E-state index in [1.54, 1.807) is 18.7 Å². The zero-order valence-corrected chi connectivity index (χ0v) is 18.6. The Kier molecular flexibility index (Phi) is 5.60. The van der Waals surface area contributed by atoms with Crippen LogP contribution in [0.3, 0.4) is 0 Å². The summed E-state index contributed by atoms with van der Waals surface area (Å²) in [6.45, 7) is 10.2. The highest BCUT2D eigenvalue weighted by Gasteiger charge is 2.33. The number of piperidine rings is 1. The number of fused-ring (bicyclic) bond motifs is 1. The first-order valence-corrected chi connectivity index (χ1v) is 10.6. The molecule has 0 spiro atoms. The van der Waals surface area contributed by atoms with Crippen LogP contribution in [-0.2, 0) is 11.8 Å². The summed E-state index contributed by atoms with van der Waals surface area (Å²) in [5.74, 6) is -1.11. The molecule has 3 aromatic rings. The molecule has 0 bridgehead atoms. The summed E-state index contributed by atoms with van der Waals surface area (Å²) in [6, 6.07) is 6.23. The van der Waals surface area contributed by atoms with Crippen LogP contribution in [0.15, 0.2) is 54.4 Å². The van der Waals surface area contributed by atoms with Gasteiger partial charge in [0.15, 0.2) is 11.6 Å². The number of aromatic amines is 1. The van der Waals surface area contributed by atoms with Gasteiger partial charge in [-0.1, -0.05) is 18.7 Å². The minimum absolute atomic E-state index is 0.107. The number of pyridine rings is 1. The maximum Gasteiger partial charge on any atom is 0.417 e. The van der Waals surface area contributed by atoms with Crippen LogP contribution in [-0.4, -0.2) is 28.2 Å². The molecule has 1 fully saturated rings. The Morgan fingerprint density at radius 2 is 1.94 bits per heavy atom. The third-order valence-electron chi connectivity index (χ3n) is 6.15. The van der Waals surface area contributed by atoms with Gasteiger partial charge in [0.05, 0.1) is 16.7 Å². The van der Waals surface area contributed by atoms with Gasteiger partial charge < -0.3 is 15.0 Å². The second-order valence-corrected chi connectivity index (χ2v) is 8.89. The van der Waals surface area contributed by atoms with Gasteiger partial charge in [-0.3, -0.25) is 0 Å². The van der Waals surface area contributed by atoms with E-state index < -0.39 is 23.2 Å². The molecule has 174 valence electrons. The van der Waals surface area contributed by atoms with Gasteiger partial charge in [-0.25, -0.2) is 9.37 Å². The second kappa shape index (κ2) is 8.02. The Bertz CT molecular complexity index is 1260. The van der Waals surface area contributed by atoms with Crippen LogP contribution in [0.1, 0.15) is 43.9 Å².